The number of hydrogen-bond acceptors (Lipinski definition) is 2. The molecule has 0 amide bonds. The number of nitrogens with one attached hydrogen (secondary N) is 2. The molecule has 1 aromatic rings. The summed E-state index contributed by atoms with van der Waals surface area (Å²) >= 11 is 0. The molecule has 0 unspecified atom stereocenters. The van der Waals surface area contributed by atoms with Gasteiger partial charge in [0.05, 0.1) is 0 Å². The Morgan fingerprint density at radius 3 is 2.88 bits per heavy atom. The van der Waals surface area contributed by atoms with Crippen molar-refractivity contribution in [2.24, 2.45) is 0 Å². The average molecular weight is 218 g/mol. The molecule has 2 rings (SSSR count). The Morgan fingerprint density at radius 2 is 1.94 bits per heavy atom. The molecule has 1 aliphatic heterocycles. The molecule has 0 aromatic heterocycles. The van der Waals surface area contributed by atoms with Crippen molar-refractivity contribution >= 4 is 5.69 Å². The largest absolute Gasteiger partial charge is 0.384 e. The number of hydrogen-bond donors (Lipinski definition) is 2. The van der Waals surface area contributed by atoms with Crippen molar-refractivity contribution in [1.29, 1.82) is 0 Å². The number of anilines is 1. The van der Waals surface area contributed by atoms with Crippen molar-refractivity contribution in [3.05, 3.63) is 29.3 Å². The van der Waals surface area contributed by atoms with Crippen LogP contribution in [0.2, 0.25) is 0 Å². The minimum Gasteiger partial charge on any atom is -0.384 e. The predicted molar refractivity (Wildman–Crippen MR) is 70.1 cm³/mol. The summed E-state index contributed by atoms with van der Waals surface area (Å²) in [6.45, 7) is 5.42. The van der Waals surface area contributed by atoms with Crippen LogP contribution in [0.25, 0.3) is 0 Å². The molecule has 0 atom stereocenters. The van der Waals surface area contributed by atoms with Gasteiger partial charge in [0.1, 0.15) is 0 Å². The van der Waals surface area contributed by atoms with E-state index in [-0.39, 0.29) is 0 Å². The average Bonchev–Trinajstić information content (AvgIpc) is 2.33. The molecule has 2 nitrogen and oxygen atoms in total. The van der Waals surface area contributed by atoms with Gasteiger partial charge in [-0.05, 0) is 44.4 Å². The van der Waals surface area contributed by atoms with Gasteiger partial charge in [-0.1, -0.05) is 24.1 Å². The fraction of sp³-hybridized carbons (Fsp3) is 0.571. The number of fused-ring (bicyclic) bond motifs is 1. The van der Waals surface area contributed by atoms with Crippen LogP contribution in [0.1, 0.15) is 30.4 Å². The highest BCUT2D eigenvalue weighted by molar-refractivity contribution is 5.52. The second-order valence-electron chi connectivity index (χ2n) is 4.65. The van der Waals surface area contributed by atoms with E-state index < -0.39 is 0 Å². The molecule has 0 fully saturated rings. The monoisotopic (exact) mass is 218 g/mol. The second-order valence-corrected chi connectivity index (χ2v) is 4.65. The first-order valence-corrected chi connectivity index (χ1v) is 6.40. The zero-order chi connectivity index (χ0) is 11.2. The summed E-state index contributed by atoms with van der Waals surface area (Å²) in [4.78, 5) is 0. The number of aryl methyl sites for hydroxylation is 2. The van der Waals surface area contributed by atoms with Crippen LogP contribution in [-0.2, 0) is 6.42 Å². The molecule has 1 aromatic carbocycles. The van der Waals surface area contributed by atoms with Gasteiger partial charge in [0, 0.05) is 18.8 Å². The third kappa shape index (κ3) is 3.24. The van der Waals surface area contributed by atoms with Gasteiger partial charge in [0.25, 0.3) is 0 Å². The first kappa shape index (κ1) is 11.5. The van der Waals surface area contributed by atoms with Crippen molar-refractivity contribution in [3.63, 3.8) is 0 Å². The van der Waals surface area contributed by atoms with E-state index >= 15 is 0 Å². The zero-order valence-corrected chi connectivity index (χ0v) is 10.2. The van der Waals surface area contributed by atoms with Crippen LogP contribution in [0.4, 0.5) is 5.69 Å². The van der Waals surface area contributed by atoms with Gasteiger partial charge in [-0.3, -0.25) is 0 Å². The summed E-state index contributed by atoms with van der Waals surface area (Å²) in [6, 6.07) is 6.75. The highest BCUT2D eigenvalue weighted by Crippen LogP contribution is 2.20. The number of rotatable bonds is 0. The molecule has 2 heteroatoms. The Hall–Kier alpha value is -1.02. The van der Waals surface area contributed by atoms with Crippen LogP contribution < -0.4 is 10.6 Å². The number of benzene rings is 1. The maximum Gasteiger partial charge on any atom is 0.0373 e. The molecular formula is C14H22N2. The molecule has 0 spiro atoms. The van der Waals surface area contributed by atoms with Crippen LogP contribution in [-0.4, -0.2) is 19.6 Å². The Morgan fingerprint density at radius 1 is 1.00 bits per heavy atom. The van der Waals surface area contributed by atoms with Crippen LogP contribution in [0.5, 0.6) is 0 Å². The fourth-order valence-corrected chi connectivity index (χ4v) is 2.25. The van der Waals surface area contributed by atoms with E-state index in [0.29, 0.717) is 0 Å². The highest BCUT2D eigenvalue weighted by atomic mass is 14.9. The lowest BCUT2D eigenvalue weighted by Crippen LogP contribution is -2.23. The van der Waals surface area contributed by atoms with E-state index in [1.165, 1.54) is 42.5 Å². The Balaban J connectivity index is 2.10. The second kappa shape index (κ2) is 5.90. The smallest absolute Gasteiger partial charge is 0.0373 e. The molecule has 0 saturated heterocycles. The van der Waals surface area contributed by atoms with E-state index in [1.807, 2.05) is 0 Å². The Bertz CT molecular complexity index is 334. The van der Waals surface area contributed by atoms with Crippen LogP contribution in [0, 0.1) is 6.92 Å². The summed E-state index contributed by atoms with van der Waals surface area (Å²) in [6.07, 6.45) is 5.16. The van der Waals surface area contributed by atoms with E-state index in [1.54, 1.807) is 0 Å². The minimum atomic E-state index is 1.02. The lowest BCUT2D eigenvalue weighted by atomic mass is 10.0. The van der Waals surface area contributed by atoms with Crippen molar-refractivity contribution in [1.82, 2.24) is 5.32 Å². The summed E-state index contributed by atoms with van der Waals surface area (Å²) < 4.78 is 0. The van der Waals surface area contributed by atoms with Crippen LogP contribution >= 0.6 is 0 Å². The normalized spacial score (nSPS) is 18.1. The van der Waals surface area contributed by atoms with Gasteiger partial charge in [-0.2, -0.15) is 0 Å². The standard InChI is InChI=1S/C14H22N2/c1-12-6-7-14-13(11-12)5-3-2-4-8-15-9-10-16-14/h6-7,11,15-16H,2-5,8-10H2,1H3. The molecular weight excluding hydrogens is 196 g/mol. The summed E-state index contributed by atoms with van der Waals surface area (Å²) in [5.74, 6) is 0. The third-order valence-electron chi connectivity index (χ3n) is 3.18. The van der Waals surface area contributed by atoms with Gasteiger partial charge >= 0.3 is 0 Å². The molecule has 0 saturated carbocycles. The quantitative estimate of drug-likeness (QED) is 0.699. The first-order chi connectivity index (χ1) is 7.86. The van der Waals surface area contributed by atoms with Crippen LogP contribution in [0.3, 0.4) is 0 Å². The topological polar surface area (TPSA) is 24.1 Å². The predicted octanol–water partition coefficient (Wildman–Crippen LogP) is 2.72. The van der Waals surface area contributed by atoms with Crippen LogP contribution in [0.15, 0.2) is 18.2 Å². The van der Waals surface area contributed by atoms with Gasteiger partial charge in [0.15, 0.2) is 0 Å². The van der Waals surface area contributed by atoms with Gasteiger partial charge < -0.3 is 10.6 Å². The zero-order valence-electron chi connectivity index (χ0n) is 10.2. The first-order valence-electron chi connectivity index (χ1n) is 6.40. The molecule has 0 radical (unpaired) electrons. The Kier molecular flexibility index (Phi) is 4.23. The van der Waals surface area contributed by atoms with Crippen molar-refractivity contribution in [3.8, 4) is 0 Å². The van der Waals surface area contributed by atoms with Crippen molar-refractivity contribution in [2.45, 2.75) is 32.6 Å². The minimum absolute atomic E-state index is 1.02. The summed E-state index contributed by atoms with van der Waals surface area (Å²) in [7, 11) is 0. The van der Waals surface area contributed by atoms with E-state index in [2.05, 4.69) is 35.8 Å². The molecule has 0 bridgehead atoms. The molecule has 16 heavy (non-hydrogen) atoms. The van der Waals surface area contributed by atoms with Crippen molar-refractivity contribution < 1.29 is 0 Å². The van der Waals surface area contributed by atoms with Gasteiger partial charge in [0.2, 0.25) is 0 Å². The Labute approximate surface area is 98.4 Å². The SMILES string of the molecule is Cc1ccc2c(c1)CCCCCNCCN2. The fourth-order valence-electron chi connectivity index (χ4n) is 2.25. The van der Waals surface area contributed by atoms with Gasteiger partial charge in [-0.15, -0.1) is 0 Å². The highest BCUT2D eigenvalue weighted by Gasteiger charge is 2.03. The molecule has 2 N–H and O–H groups in total. The van der Waals surface area contributed by atoms with Gasteiger partial charge in [-0.25, -0.2) is 0 Å². The maximum absolute atomic E-state index is 3.53. The van der Waals surface area contributed by atoms with E-state index in [4.69, 9.17) is 0 Å². The maximum atomic E-state index is 3.53. The summed E-state index contributed by atoms with van der Waals surface area (Å²) in [5.41, 5.74) is 4.18. The lowest BCUT2D eigenvalue weighted by molar-refractivity contribution is 0.615. The van der Waals surface area contributed by atoms with Crippen molar-refractivity contribution in [2.75, 3.05) is 25.0 Å². The van der Waals surface area contributed by atoms with E-state index in [0.717, 1.165) is 19.6 Å². The molecule has 88 valence electrons. The summed E-state index contributed by atoms with van der Waals surface area (Å²) in [5, 5.41) is 6.99. The molecule has 0 aliphatic carbocycles. The lowest BCUT2D eigenvalue weighted by Gasteiger charge is -2.12. The third-order valence-corrected chi connectivity index (χ3v) is 3.18. The van der Waals surface area contributed by atoms with E-state index in [9.17, 15) is 0 Å². The molecule has 1 heterocycles. The molecule has 1 aliphatic rings.